The normalized spacial score (nSPS) is 10.3. The Bertz CT molecular complexity index is 703. The van der Waals surface area contributed by atoms with E-state index < -0.39 is 4.92 Å². The predicted molar refractivity (Wildman–Crippen MR) is 80.0 cm³/mol. The predicted octanol–water partition coefficient (Wildman–Crippen LogP) is 1.46. The molecule has 0 radical (unpaired) electrons. The number of benzene rings is 1. The summed E-state index contributed by atoms with van der Waals surface area (Å²) >= 11 is 1.21. The molecule has 116 valence electrons. The van der Waals surface area contributed by atoms with E-state index in [9.17, 15) is 14.9 Å². The van der Waals surface area contributed by atoms with Gasteiger partial charge in [0, 0.05) is 19.2 Å². The maximum Gasteiger partial charge on any atom is 0.271 e. The number of aryl methyl sites for hydroxylation is 1. The molecule has 0 atom stereocenters. The van der Waals surface area contributed by atoms with Crippen LogP contribution in [0.3, 0.4) is 0 Å². The van der Waals surface area contributed by atoms with Crippen molar-refractivity contribution in [3.63, 3.8) is 0 Å². The summed E-state index contributed by atoms with van der Waals surface area (Å²) in [6.07, 6.45) is 1.53. The standard InChI is InChI=1S/C12H13N5O4S/c1-16-7-13-15-12(16)22-6-11(18)14-9-5-8(17(19)20)3-4-10(9)21-2/h3-5,7H,6H2,1-2H3,(H,14,18). The number of thioether (sulfide) groups is 1. The van der Waals surface area contributed by atoms with Crippen LogP contribution in [-0.2, 0) is 11.8 Å². The van der Waals surface area contributed by atoms with Gasteiger partial charge in [-0.05, 0) is 6.07 Å². The lowest BCUT2D eigenvalue weighted by Crippen LogP contribution is -2.15. The maximum atomic E-state index is 12.0. The van der Waals surface area contributed by atoms with Crippen LogP contribution >= 0.6 is 11.8 Å². The highest BCUT2D eigenvalue weighted by atomic mass is 32.2. The van der Waals surface area contributed by atoms with E-state index >= 15 is 0 Å². The topological polar surface area (TPSA) is 112 Å². The van der Waals surface area contributed by atoms with Gasteiger partial charge in [0.25, 0.3) is 5.69 Å². The van der Waals surface area contributed by atoms with Crippen LogP contribution in [0.25, 0.3) is 0 Å². The molecule has 10 heteroatoms. The minimum atomic E-state index is -0.538. The highest BCUT2D eigenvalue weighted by molar-refractivity contribution is 7.99. The van der Waals surface area contributed by atoms with E-state index in [1.54, 1.807) is 11.6 Å². The highest BCUT2D eigenvalue weighted by Crippen LogP contribution is 2.29. The second-order valence-electron chi connectivity index (χ2n) is 4.20. The van der Waals surface area contributed by atoms with Gasteiger partial charge in [0.1, 0.15) is 12.1 Å². The first-order valence-electron chi connectivity index (χ1n) is 6.10. The van der Waals surface area contributed by atoms with Crippen LogP contribution < -0.4 is 10.1 Å². The Balaban J connectivity index is 2.05. The fourth-order valence-electron chi connectivity index (χ4n) is 1.63. The number of hydrogen-bond donors (Lipinski definition) is 1. The van der Waals surface area contributed by atoms with E-state index in [0.29, 0.717) is 10.9 Å². The van der Waals surface area contributed by atoms with Gasteiger partial charge < -0.3 is 14.6 Å². The number of hydrogen-bond acceptors (Lipinski definition) is 7. The molecule has 2 rings (SSSR count). The Kier molecular flexibility index (Phi) is 4.94. The number of nitrogens with one attached hydrogen (secondary N) is 1. The van der Waals surface area contributed by atoms with Crippen molar-refractivity contribution >= 4 is 29.0 Å². The van der Waals surface area contributed by atoms with E-state index in [1.807, 2.05) is 0 Å². The van der Waals surface area contributed by atoms with Crippen LogP contribution in [0.15, 0.2) is 29.7 Å². The number of rotatable bonds is 6. The molecule has 0 spiro atoms. The second kappa shape index (κ2) is 6.89. The zero-order chi connectivity index (χ0) is 16.1. The number of nitro groups is 1. The third kappa shape index (κ3) is 3.73. The van der Waals surface area contributed by atoms with Crippen LogP contribution in [0.4, 0.5) is 11.4 Å². The fourth-order valence-corrected chi connectivity index (χ4v) is 2.31. The Labute approximate surface area is 129 Å². The lowest BCUT2D eigenvalue weighted by Gasteiger charge is -2.09. The van der Waals surface area contributed by atoms with E-state index in [0.717, 1.165) is 0 Å². The Hall–Kier alpha value is -2.62. The summed E-state index contributed by atoms with van der Waals surface area (Å²) in [7, 11) is 3.19. The quantitative estimate of drug-likeness (QED) is 0.486. The summed E-state index contributed by atoms with van der Waals surface area (Å²) in [4.78, 5) is 22.2. The summed E-state index contributed by atoms with van der Waals surface area (Å²) < 4.78 is 6.77. The van der Waals surface area contributed by atoms with Gasteiger partial charge in [0.2, 0.25) is 5.91 Å². The van der Waals surface area contributed by atoms with E-state index in [-0.39, 0.29) is 23.0 Å². The number of methoxy groups -OCH3 is 1. The Morgan fingerprint density at radius 1 is 1.55 bits per heavy atom. The molecule has 1 aromatic carbocycles. The lowest BCUT2D eigenvalue weighted by molar-refractivity contribution is -0.384. The zero-order valence-electron chi connectivity index (χ0n) is 11.8. The van der Waals surface area contributed by atoms with Gasteiger partial charge in [-0.1, -0.05) is 11.8 Å². The number of nitro benzene ring substituents is 1. The minimum absolute atomic E-state index is 0.0956. The number of aromatic nitrogens is 3. The van der Waals surface area contributed by atoms with Crippen LogP contribution in [0.5, 0.6) is 5.75 Å². The zero-order valence-corrected chi connectivity index (χ0v) is 12.7. The number of non-ortho nitro benzene ring substituents is 1. The SMILES string of the molecule is COc1ccc([N+](=O)[O-])cc1NC(=O)CSc1nncn1C. The summed E-state index contributed by atoms with van der Waals surface area (Å²) in [6.45, 7) is 0. The first-order valence-corrected chi connectivity index (χ1v) is 7.09. The van der Waals surface area contributed by atoms with Crippen molar-refractivity contribution < 1.29 is 14.5 Å². The van der Waals surface area contributed by atoms with Gasteiger partial charge in [0.05, 0.1) is 23.5 Å². The molecule has 0 aliphatic rings. The molecule has 0 saturated carbocycles. The first-order chi connectivity index (χ1) is 10.5. The Morgan fingerprint density at radius 2 is 2.32 bits per heavy atom. The summed E-state index contributed by atoms with van der Waals surface area (Å²) in [5.41, 5.74) is 0.123. The largest absolute Gasteiger partial charge is 0.495 e. The maximum absolute atomic E-state index is 12.0. The van der Waals surface area contributed by atoms with Crippen LogP contribution in [0.2, 0.25) is 0 Å². The van der Waals surface area contributed by atoms with Crippen molar-refractivity contribution in [3.8, 4) is 5.75 Å². The molecule has 9 nitrogen and oxygen atoms in total. The number of ether oxygens (including phenoxy) is 1. The van der Waals surface area contributed by atoms with Gasteiger partial charge in [-0.15, -0.1) is 10.2 Å². The molecule has 0 unspecified atom stereocenters. The van der Waals surface area contributed by atoms with E-state index in [2.05, 4.69) is 15.5 Å². The van der Waals surface area contributed by atoms with Gasteiger partial charge in [-0.2, -0.15) is 0 Å². The first kappa shape index (κ1) is 15.8. The van der Waals surface area contributed by atoms with Crippen molar-refractivity contribution in [1.82, 2.24) is 14.8 Å². The molecule has 2 aromatic rings. The van der Waals surface area contributed by atoms with Crippen LogP contribution in [-0.4, -0.2) is 38.5 Å². The van der Waals surface area contributed by atoms with Gasteiger partial charge in [-0.25, -0.2) is 0 Å². The smallest absolute Gasteiger partial charge is 0.271 e. The lowest BCUT2D eigenvalue weighted by atomic mass is 10.2. The minimum Gasteiger partial charge on any atom is -0.495 e. The van der Waals surface area contributed by atoms with Crippen molar-refractivity contribution in [3.05, 3.63) is 34.6 Å². The molecular weight excluding hydrogens is 310 g/mol. The number of carbonyl (C=O) groups is 1. The highest BCUT2D eigenvalue weighted by Gasteiger charge is 2.14. The molecule has 0 aliphatic carbocycles. The molecule has 1 aromatic heterocycles. The average molecular weight is 323 g/mol. The molecule has 0 saturated heterocycles. The molecule has 0 fully saturated rings. The molecule has 1 N–H and O–H groups in total. The van der Waals surface area contributed by atoms with Crippen molar-refractivity contribution in [2.75, 3.05) is 18.2 Å². The third-order valence-electron chi connectivity index (χ3n) is 2.67. The number of carbonyl (C=O) groups excluding carboxylic acids is 1. The van der Waals surface area contributed by atoms with Gasteiger partial charge in [0.15, 0.2) is 5.16 Å². The molecule has 0 aliphatic heterocycles. The third-order valence-corrected chi connectivity index (χ3v) is 3.70. The summed E-state index contributed by atoms with van der Waals surface area (Å²) in [6, 6.07) is 4.00. The number of anilines is 1. The molecule has 22 heavy (non-hydrogen) atoms. The fraction of sp³-hybridized carbons (Fsp3) is 0.250. The summed E-state index contributed by atoms with van der Waals surface area (Å²) in [5, 5.41) is 21.5. The second-order valence-corrected chi connectivity index (χ2v) is 5.15. The van der Waals surface area contributed by atoms with Crippen LogP contribution in [0, 0.1) is 10.1 Å². The summed E-state index contributed by atoms with van der Waals surface area (Å²) in [5.74, 6) is 0.118. The average Bonchev–Trinajstić information content (AvgIpc) is 2.90. The van der Waals surface area contributed by atoms with Gasteiger partial charge in [-0.3, -0.25) is 14.9 Å². The molecular formula is C12H13N5O4S. The molecule has 1 heterocycles. The Morgan fingerprint density at radius 3 is 2.91 bits per heavy atom. The monoisotopic (exact) mass is 323 g/mol. The molecule has 0 bridgehead atoms. The van der Waals surface area contributed by atoms with Crippen LogP contribution in [0.1, 0.15) is 0 Å². The van der Waals surface area contributed by atoms with Crippen molar-refractivity contribution in [2.24, 2.45) is 7.05 Å². The molecule has 1 amide bonds. The van der Waals surface area contributed by atoms with Crippen molar-refractivity contribution in [1.29, 1.82) is 0 Å². The van der Waals surface area contributed by atoms with E-state index in [1.165, 1.54) is 43.4 Å². The van der Waals surface area contributed by atoms with Gasteiger partial charge >= 0.3 is 0 Å². The number of amides is 1. The van der Waals surface area contributed by atoms with E-state index in [4.69, 9.17) is 4.74 Å². The van der Waals surface area contributed by atoms with Crippen molar-refractivity contribution in [2.45, 2.75) is 5.16 Å². The number of nitrogens with zero attached hydrogens (tertiary/aromatic N) is 4.